The molecule has 0 aliphatic carbocycles. The minimum atomic E-state index is 0.0116. The molecule has 96 valence electrons. The Kier molecular flexibility index (Phi) is 4.72. The molecule has 2 aromatic rings. The number of thiophene rings is 1. The monoisotopic (exact) mass is 281 g/mol. The van der Waals surface area contributed by atoms with Crippen molar-refractivity contribution in [1.82, 2.24) is 10.4 Å². The largest absolute Gasteiger partial charge is 0.271 e. The standard InChI is InChI=1S/C13H16ClN3S/c1-2-9-3-4-10(16-8-9)7-12(17-15)13-11(14)5-6-18-13/h3-6,8,12,17H,2,7,15H2,1H3. The molecule has 18 heavy (non-hydrogen) atoms. The summed E-state index contributed by atoms with van der Waals surface area (Å²) in [4.78, 5) is 5.50. The van der Waals surface area contributed by atoms with Gasteiger partial charge in [0.1, 0.15) is 0 Å². The van der Waals surface area contributed by atoms with Gasteiger partial charge in [0.2, 0.25) is 0 Å². The summed E-state index contributed by atoms with van der Waals surface area (Å²) < 4.78 is 0. The third kappa shape index (κ3) is 3.09. The highest BCUT2D eigenvalue weighted by molar-refractivity contribution is 7.10. The van der Waals surface area contributed by atoms with E-state index >= 15 is 0 Å². The van der Waals surface area contributed by atoms with Gasteiger partial charge in [0.05, 0.1) is 11.1 Å². The zero-order valence-corrected chi connectivity index (χ0v) is 11.8. The molecule has 0 aromatic carbocycles. The maximum Gasteiger partial charge on any atom is 0.0623 e. The molecule has 0 amide bonds. The summed E-state index contributed by atoms with van der Waals surface area (Å²) in [5, 5.41) is 2.73. The normalized spacial score (nSPS) is 12.6. The van der Waals surface area contributed by atoms with Crippen molar-refractivity contribution in [2.45, 2.75) is 25.8 Å². The molecule has 2 aromatic heterocycles. The molecule has 1 atom stereocenters. The Morgan fingerprint density at radius 2 is 2.28 bits per heavy atom. The Labute approximate surface area is 116 Å². The van der Waals surface area contributed by atoms with E-state index in [2.05, 4.69) is 23.4 Å². The molecule has 0 bridgehead atoms. The molecule has 0 fully saturated rings. The van der Waals surface area contributed by atoms with Crippen molar-refractivity contribution >= 4 is 22.9 Å². The Hall–Kier alpha value is -0.940. The minimum Gasteiger partial charge on any atom is -0.271 e. The van der Waals surface area contributed by atoms with Crippen molar-refractivity contribution in [2.75, 3.05) is 0 Å². The van der Waals surface area contributed by atoms with E-state index in [-0.39, 0.29) is 6.04 Å². The van der Waals surface area contributed by atoms with Crippen molar-refractivity contribution in [3.05, 3.63) is 50.9 Å². The summed E-state index contributed by atoms with van der Waals surface area (Å²) in [6.07, 6.45) is 3.66. The van der Waals surface area contributed by atoms with E-state index in [4.69, 9.17) is 17.4 Å². The fraction of sp³-hybridized carbons (Fsp3) is 0.308. The van der Waals surface area contributed by atoms with Crippen LogP contribution in [0, 0.1) is 0 Å². The summed E-state index contributed by atoms with van der Waals surface area (Å²) in [5.74, 6) is 5.61. The van der Waals surface area contributed by atoms with Gasteiger partial charge < -0.3 is 0 Å². The number of hydrogen-bond acceptors (Lipinski definition) is 4. The Bertz CT molecular complexity index is 495. The first kappa shape index (κ1) is 13.5. The molecular weight excluding hydrogens is 266 g/mol. The number of nitrogens with one attached hydrogen (secondary N) is 1. The van der Waals surface area contributed by atoms with Crippen molar-refractivity contribution < 1.29 is 0 Å². The van der Waals surface area contributed by atoms with Crippen LogP contribution in [-0.2, 0) is 12.8 Å². The highest BCUT2D eigenvalue weighted by Gasteiger charge is 2.15. The second-order valence-electron chi connectivity index (χ2n) is 4.07. The zero-order valence-electron chi connectivity index (χ0n) is 10.2. The number of aryl methyl sites for hydroxylation is 1. The Morgan fingerprint density at radius 1 is 1.44 bits per heavy atom. The van der Waals surface area contributed by atoms with Gasteiger partial charge in [0.25, 0.3) is 0 Å². The van der Waals surface area contributed by atoms with Crippen molar-refractivity contribution in [1.29, 1.82) is 0 Å². The molecule has 0 saturated carbocycles. The summed E-state index contributed by atoms with van der Waals surface area (Å²) in [7, 11) is 0. The summed E-state index contributed by atoms with van der Waals surface area (Å²) in [6.45, 7) is 2.12. The Morgan fingerprint density at radius 3 is 2.78 bits per heavy atom. The predicted octanol–water partition coefficient (Wildman–Crippen LogP) is 3.11. The van der Waals surface area contributed by atoms with Crippen molar-refractivity contribution in [3.63, 3.8) is 0 Å². The topological polar surface area (TPSA) is 50.9 Å². The van der Waals surface area contributed by atoms with E-state index in [1.165, 1.54) is 5.56 Å². The van der Waals surface area contributed by atoms with Crippen LogP contribution in [0.15, 0.2) is 29.8 Å². The lowest BCUT2D eigenvalue weighted by atomic mass is 10.1. The number of halogens is 1. The van der Waals surface area contributed by atoms with E-state index in [0.717, 1.165) is 28.4 Å². The highest BCUT2D eigenvalue weighted by atomic mass is 35.5. The first-order valence-electron chi connectivity index (χ1n) is 5.87. The Balaban J connectivity index is 2.13. The van der Waals surface area contributed by atoms with E-state index in [0.29, 0.717) is 0 Å². The number of aromatic nitrogens is 1. The smallest absolute Gasteiger partial charge is 0.0623 e. The van der Waals surface area contributed by atoms with Crippen LogP contribution in [0.2, 0.25) is 5.02 Å². The molecule has 5 heteroatoms. The average molecular weight is 282 g/mol. The zero-order chi connectivity index (χ0) is 13.0. The number of nitrogens with zero attached hydrogens (tertiary/aromatic N) is 1. The fourth-order valence-electron chi connectivity index (χ4n) is 1.78. The second kappa shape index (κ2) is 6.29. The van der Waals surface area contributed by atoms with Gasteiger partial charge in [-0.15, -0.1) is 11.3 Å². The van der Waals surface area contributed by atoms with E-state index in [9.17, 15) is 0 Å². The van der Waals surface area contributed by atoms with Crippen LogP contribution in [0.1, 0.15) is 29.1 Å². The minimum absolute atomic E-state index is 0.0116. The van der Waals surface area contributed by atoms with Gasteiger partial charge >= 0.3 is 0 Å². The molecule has 0 spiro atoms. The first-order valence-corrected chi connectivity index (χ1v) is 7.13. The molecule has 0 aliphatic rings. The molecule has 3 nitrogen and oxygen atoms in total. The van der Waals surface area contributed by atoms with Gasteiger partial charge in [-0.25, -0.2) is 0 Å². The van der Waals surface area contributed by atoms with Crippen LogP contribution < -0.4 is 11.3 Å². The number of pyridine rings is 1. The second-order valence-corrected chi connectivity index (χ2v) is 5.42. The van der Waals surface area contributed by atoms with Crippen LogP contribution in [-0.4, -0.2) is 4.98 Å². The molecule has 3 N–H and O–H groups in total. The van der Waals surface area contributed by atoms with Gasteiger partial charge in [-0.1, -0.05) is 24.6 Å². The number of hydrazine groups is 1. The maximum atomic E-state index is 6.12. The lowest BCUT2D eigenvalue weighted by molar-refractivity contribution is 0.554. The average Bonchev–Trinajstić information content (AvgIpc) is 2.83. The fourth-order valence-corrected chi connectivity index (χ4v) is 3.03. The third-order valence-corrected chi connectivity index (χ3v) is 4.34. The van der Waals surface area contributed by atoms with Crippen LogP contribution >= 0.6 is 22.9 Å². The third-order valence-electron chi connectivity index (χ3n) is 2.87. The van der Waals surface area contributed by atoms with Crippen LogP contribution in [0.4, 0.5) is 0 Å². The van der Waals surface area contributed by atoms with Crippen molar-refractivity contribution in [3.8, 4) is 0 Å². The summed E-state index contributed by atoms with van der Waals surface area (Å²) >= 11 is 7.73. The summed E-state index contributed by atoms with van der Waals surface area (Å²) in [6, 6.07) is 6.05. The first-order chi connectivity index (χ1) is 8.74. The van der Waals surface area contributed by atoms with Gasteiger partial charge in [-0.2, -0.15) is 0 Å². The van der Waals surface area contributed by atoms with Crippen LogP contribution in [0.25, 0.3) is 0 Å². The molecule has 0 radical (unpaired) electrons. The SMILES string of the molecule is CCc1ccc(CC(NN)c2sccc2Cl)nc1. The molecule has 2 heterocycles. The molecule has 1 unspecified atom stereocenters. The van der Waals surface area contributed by atoms with E-state index in [1.807, 2.05) is 23.7 Å². The lowest BCUT2D eigenvalue weighted by Gasteiger charge is -2.14. The maximum absolute atomic E-state index is 6.12. The highest BCUT2D eigenvalue weighted by Crippen LogP contribution is 2.29. The van der Waals surface area contributed by atoms with E-state index in [1.54, 1.807) is 11.3 Å². The van der Waals surface area contributed by atoms with Gasteiger partial charge in [0, 0.05) is 23.2 Å². The molecule has 2 rings (SSSR count). The lowest BCUT2D eigenvalue weighted by Crippen LogP contribution is -2.29. The van der Waals surface area contributed by atoms with Crippen LogP contribution in [0.3, 0.4) is 0 Å². The summed E-state index contributed by atoms with van der Waals surface area (Å²) in [5.41, 5.74) is 5.06. The van der Waals surface area contributed by atoms with Crippen molar-refractivity contribution in [2.24, 2.45) is 5.84 Å². The predicted molar refractivity (Wildman–Crippen MR) is 76.7 cm³/mol. The molecule has 0 aliphatic heterocycles. The number of nitrogens with two attached hydrogens (primary N) is 1. The van der Waals surface area contributed by atoms with Gasteiger partial charge in [-0.05, 0) is 29.5 Å². The van der Waals surface area contributed by atoms with E-state index < -0.39 is 0 Å². The molecular formula is C13H16ClN3S. The molecule has 0 saturated heterocycles. The number of rotatable bonds is 5. The quantitative estimate of drug-likeness (QED) is 0.654. The van der Waals surface area contributed by atoms with Crippen LogP contribution in [0.5, 0.6) is 0 Å². The number of hydrogen-bond donors (Lipinski definition) is 2. The van der Waals surface area contributed by atoms with Gasteiger partial charge in [-0.3, -0.25) is 16.3 Å². The van der Waals surface area contributed by atoms with Gasteiger partial charge in [0.15, 0.2) is 0 Å².